The summed E-state index contributed by atoms with van der Waals surface area (Å²) in [5.41, 5.74) is -0.433. The zero-order chi connectivity index (χ0) is 23.5. The molecular weight excluding hydrogens is 462 g/mol. The number of nitrogens with one attached hydrogen (secondary N) is 1. The van der Waals surface area contributed by atoms with E-state index in [1.165, 1.54) is 37.4 Å². The summed E-state index contributed by atoms with van der Waals surface area (Å²) in [5.74, 6) is -0.334. The lowest BCUT2D eigenvalue weighted by Gasteiger charge is -2.03. The van der Waals surface area contributed by atoms with Gasteiger partial charge in [-0.2, -0.15) is 14.6 Å². The smallest absolute Gasteiger partial charge is 0.284 e. The number of anilines is 1. The summed E-state index contributed by atoms with van der Waals surface area (Å²) in [4.78, 5) is 26.8. The zero-order valence-electron chi connectivity index (χ0n) is 16.4. The number of nitro benzene ring substituents is 1. The monoisotopic (exact) mass is 475 g/mol. The van der Waals surface area contributed by atoms with E-state index in [0.29, 0.717) is 17.3 Å². The number of rotatable bonds is 7. The number of aromatic nitrogens is 2. The summed E-state index contributed by atoms with van der Waals surface area (Å²) >= 11 is 0.641. The molecule has 0 spiro atoms. The molecule has 1 N–H and O–H groups in total. The Hall–Kier alpha value is -4.09. The Morgan fingerprint density at radius 2 is 2.12 bits per heavy atom. The van der Waals surface area contributed by atoms with E-state index in [9.17, 15) is 28.6 Å². The van der Waals surface area contributed by atoms with E-state index in [0.717, 1.165) is 12.3 Å². The molecule has 0 bridgehead atoms. The van der Waals surface area contributed by atoms with E-state index < -0.39 is 25.8 Å². The van der Waals surface area contributed by atoms with E-state index in [2.05, 4.69) is 14.7 Å². The molecule has 0 atom stereocenters. The molecule has 0 aliphatic rings. The van der Waals surface area contributed by atoms with Gasteiger partial charge in [-0.3, -0.25) is 20.2 Å². The largest absolute Gasteiger partial charge is 0.497 e. The highest BCUT2D eigenvalue weighted by Gasteiger charge is 2.20. The summed E-state index contributed by atoms with van der Waals surface area (Å²) in [6.07, 6.45) is 2.05. The molecule has 3 rings (SSSR count). The van der Waals surface area contributed by atoms with Crippen LogP contribution in [0.1, 0.15) is 5.76 Å². The lowest BCUT2D eigenvalue weighted by Crippen LogP contribution is -2.13. The maximum absolute atomic E-state index is 12.3. The quantitative estimate of drug-likeness (QED) is 0.231. The minimum absolute atomic E-state index is 0.0888. The summed E-state index contributed by atoms with van der Waals surface area (Å²) < 4.78 is 37.0. The van der Waals surface area contributed by atoms with Gasteiger partial charge in [0.25, 0.3) is 16.8 Å². The second kappa shape index (κ2) is 8.96. The topological polar surface area (TPSA) is 178 Å². The van der Waals surface area contributed by atoms with Gasteiger partial charge in [-0.05, 0) is 24.3 Å². The van der Waals surface area contributed by atoms with Crippen molar-refractivity contribution in [3.8, 4) is 23.1 Å². The molecular formula is C18H13N5O7S2. The molecule has 0 unspecified atom stereocenters. The Morgan fingerprint density at radius 3 is 2.72 bits per heavy atom. The van der Waals surface area contributed by atoms with Crippen LogP contribution in [-0.4, -0.2) is 42.0 Å². The van der Waals surface area contributed by atoms with Crippen molar-refractivity contribution in [1.29, 1.82) is 5.26 Å². The van der Waals surface area contributed by atoms with Crippen LogP contribution in [0.15, 0.2) is 45.5 Å². The van der Waals surface area contributed by atoms with Gasteiger partial charge in [0.15, 0.2) is 0 Å². The van der Waals surface area contributed by atoms with Gasteiger partial charge in [0.2, 0.25) is 15.0 Å². The van der Waals surface area contributed by atoms with E-state index in [1.54, 1.807) is 6.07 Å². The first-order chi connectivity index (χ1) is 15.1. The number of carbonyl (C=O) groups excluding carboxylic acids is 1. The van der Waals surface area contributed by atoms with Crippen LogP contribution in [0.2, 0.25) is 0 Å². The van der Waals surface area contributed by atoms with Gasteiger partial charge in [0.05, 0.1) is 23.7 Å². The number of nitriles is 1. The molecule has 14 heteroatoms. The second-order valence-corrected chi connectivity index (χ2v) is 8.78. The van der Waals surface area contributed by atoms with Crippen molar-refractivity contribution in [2.45, 2.75) is 5.16 Å². The fourth-order valence-corrected chi connectivity index (χ4v) is 3.88. The molecule has 1 aromatic carbocycles. The van der Waals surface area contributed by atoms with Gasteiger partial charge in [0, 0.05) is 23.9 Å². The van der Waals surface area contributed by atoms with Crippen molar-refractivity contribution in [2.75, 3.05) is 18.7 Å². The number of ether oxygens (including phenoxy) is 1. The lowest BCUT2D eigenvalue weighted by atomic mass is 10.1. The first-order valence-electron chi connectivity index (χ1n) is 8.52. The van der Waals surface area contributed by atoms with E-state index in [4.69, 9.17) is 9.15 Å². The maximum Gasteiger partial charge on any atom is 0.284 e. The first kappa shape index (κ1) is 22.6. The molecule has 0 fully saturated rings. The van der Waals surface area contributed by atoms with E-state index in [1.807, 2.05) is 0 Å². The maximum atomic E-state index is 12.3. The fraction of sp³-hybridized carbons (Fsp3) is 0.111. The Bertz CT molecular complexity index is 1380. The van der Waals surface area contributed by atoms with Gasteiger partial charge in [-0.25, -0.2) is 8.42 Å². The zero-order valence-corrected chi connectivity index (χ0v) is 18.1. The van der Waals surface area contributed by atoms with Gasteiger partial charge < -0.3 is 9.15 Å². The number of carbonyl (C=O) groups is 1. The van der Waals surface area contributed by atoms with Crippen molar-refractivity contribution in [3.05, 3.63) is 51.8 Å². The average Bonchev–Trinajstić information content (AvgIpc) is 3.40. The van der Waals surface area contributed by atoms with Crippen LogP contribution in [0, 0.1) is 21.4 Å². The molecule has 0 aliphatic carbocycles. The normalized spacial score (nSPS) is 11.6. The van der Waals surface area contributed by atoms with Crippen molar-refractivity contribution >= 4 is 44.2 Å². The molecule has 2 heterocycles. The van der Waals surface area contributed by atoms with Crippen molar-refractivity contribution in [2.24, 2.45) is 0 Å². The highest BCUT2D eigenvalue weighted by atomic mass is 32.2. The standard InChI is InChI=1S/C18H13N5O7S2/c1-29-11-3-5-13(14(8-11)23(25)26)15-6-4-12(30-15)7-10(9-19)16(24)20-17-21-18(22-31-17)32(2,27)28/h3-8H,1-2H3,(H,20,21,22,24). The van der Waals surface area contributed by atoms with Gasteiger partial charge >= 0.3 is 0 Å². The Morgan fingerprint density at radius 1 is 1.38 bits per heavy atom. The molecule has 0 radical (unpaired) electrons. The number of sulfone groups is 1. The molecule has 0 saturated carbocycles. The number of amides is 1. The molecule has 0 saturated heterocycles. The Kier molecular flexibility index (Phi) is 6.32. The highest BCUT2D eigenvalue weighted by Crippen LogP contribution is 2.34. The minimum Gasteiger partial charge on any atom is -0.497 e. The minimum atomic E-state index is -3.64. The van der Waals surface area contributed by atoms with Crippen molar-refractivity contribution in [3.63, 3.8) is 0 Å². The number of nitrogens with zero attached hydrogens (tertiary/aromatic N) is 4. The molecule has 32 heavy (non-hydrogen) atoms. The summed E-state index contributed by atoms with van der Waals surface area (Å²) in [6, 6.07) is 8.82. The van der Waals surface area contributed by atoms with Gasteiger partial charge in [-0.15, -0.1) is 0 Å². The summed E-state index contributed by atoms with van der Waals surface area (Å²) in [7, 11) is -2.26. The SMILES string of the molecule is COc1ccc(-c2ccc(C=C(C#N)C(=O)Nc3nc(S(C)(=O)=O)ns3)o2)c([N+](=O)[O-])c1. The van der Waals surface area contributed by atoms with Crippen LogP contribution in [0.3, 0.4) is 0 Å². The second-order valence-electron chi connectivity index (χ2n) is 6.12. The van der Waals surface area contributed by atoms with Gasteiger partial charge in [0.1, 0.15) is 28.9 Å². The van der Waals surface area contributed by atoms with Crippen molar-refractivity contribution < 1.29 is 27.3 Å². The molecule has 1 amide bonds. The summed E-state index contributed by atoms with van der Waals surface area (Å²) in [6.45, 7) is 0. The molecule has 164 valence electrons. The van der Waals surface area contributed by atoms with Crippen LogP contribution in [0.4, 0.5) is 10.8 Å². The fourth-order valence-electron chi connectivity index (χ4n) is 2.44. The third-order valence-corrected chi connectivity index (χ3v) is 5.50. The highest BCUT2D eigenvalue weighted by molar-refractivity contribution is 7.90. The molecule has 12 nitrogen and oxygen atoms in total. The first-order valence-corrected chi connectivity index (χ1v) is 11.2. The van der Waals surface area contributed by atoms with Crippen LogP contribution < -0.4 is 10.1 Å². The van der Waals surface area contributed by atoms with Crippen molar-refractivity contribution in [1.82, 2.24) is 9.36 Å². The number of hydrogen-bond donors (Lipinski definition) is 1. The molecule has 0 aliphatic heterocycles. The molecule has 3 aromatic rings. The van der Waals surface area contributed by atoms with Crippen LogP contribution in [-0.2, 0) is 14.6 Å². The van der Waals surface area contributed by atoms with E-state index >= 15 is 0 Å². The number of furan rings is 1. The summed E-state index contributed by atoms with van der Waals surface area (Å²) in [5, 5.41) is 22.4. The average molecular weight is 475 g/mol. The molecule has 2 aromatic heterocycles. The Labute approximate surface area is 185 Å². The van der Waals surface area contributed by atoms with Crippen LogP contribution in [0.5, 0.6) is 5.75 Å². The number of methoxy groups -OCH3 is 1. The van der Waals surface area contributed by atoms with E-state index in [-0.39, 0.29) is 33.5 Å². The van der Waals surface area contributed by atoms with Crippen LogP contribution in [0.25, 0.3) is 17.4 Å². The van der Waals surface area contributed by atoms with Gasteiger partial charge in [-0.1, -0.05) is 0 Å². The number of nitro groups is 1. The van der Waals surface area contributed by atoms with Crippen LogP contribution >= 0.6 is 11.5 Å². The Balaban J connectivity index is 1.86. The third kappa shape index (κ3) is 4.96. The third-order valence-electron chi connectivity index (χ3n) is 3.91. The number of hydrogen-bond acceptors (Lipinski definition) is 11. The predicted molar refractivity (Wildman–Crippen MR) is 113 cm³/mol. The predicted octanol–water partition coefficient (Wildman–Crippen LogP) is 2.66. The number of benzene rings is 1. The lowest BCUT2D eigenvalue weighted by molar-refractivity contribution is -0.384.